The molecular formula is C10H15ClN2O4S. The Kier molecular flexibility index (Phi) is 5.75. The van der Waals surface area contributed by atoms with E-state index in [0.29, 0.717) is 0 Å². The number of nitrogens with two attached hydrogens (primary N) is 2. The van der Waals surface area contributed by atoms with Crippen LogP contribution in [-0.4, -0.2) is 30.9 Å². The molecule has 2 unspecified atom stereocenters. The van der Waals surface area contributed by atoms with Crippen LogP contribution in [0.4, 0.5) is 0 Å². The lowest BCUT2D eigenvalue weighted by Gasteiger charge is -2.16. The first-order valence-electron chi connectivity index (χ1n) is 4.81. The van der Waals surface area contributed by atoms with Gasteiger partial charge in [-0.2, -0.15) is 0 Å². The molecular weight excluding hydrogens is 280 g/mol. The molecule has 0 heterocycles. The Bertz CT molecular complexity index is 532. The third kappa shape index (κ3) is 3.42. The van der Waals surface area contributed by atoms with Crippen LogP contribution in [0.2, 0.25) is 0 Å². The molecule has 5 N–H and O–H groups in total. The number of aliphatic carboxylic acids is 1. The number of carboxylic acids is 1. The average Bonchev–Trinajstić information content (AvgIpc) is 2.26. The van der Waals surface area contributed by atoms with Crippen LogP contribution < -0.4 is 11.5 Å². The van der Waals surface area contributed by atoms with Crippen LogP contribution in [0.5, 0.6) is 0 Å². The molecule has 1 aromatic rings. The van der Waals surface area contributed by atoms with Gasteiger partial charge in [-0.05, 0) is 24.6 Å². The fourth-order valence-electron chi connectivity index (χ4n) is 1.28. The number of rotatable bonds is 4. The van der Waals surface area contributed by atoms with Crippen LogP contribution in [0.1, 0.15) is 5.56 Å². The first-order valence-corrected chi connectivity index (χ1v) is 6.36. The van der Waals surface area contributed by atoms with E-state index in [-0.39, 0.29) is 17.3 Å². The van der Waals surface area contributed by atoms with Crippen LogP contribution in [0.15, 0.2) is 29.2 Å². The Morgan fingerprint density at radius 1 is 1.33 bits per heavy atom. The van der Waals surface area contributed by atoms with E-state index in [4.69, 9.17) is 16.6 Å². The van der Waals surface area contributed by atoms with E-state index in [0.717, 1.165) is 5.56 Å². The number of benzene rings is 1. The summed E-state index contributed by atoms with van der Waals surface area (Å²) in [6, 6.07) is 4.41. The molecule has 0 aliphatic heterocycles. The molecule has 6 nitrogen and oxygen atoms in total. The maximum Gasteiger partial charge on any atom is 0.323 e. The molecule has 0 fully saturated rings. The van der Waals surface area contributed by atoms with Gasteiger partial charge in [-0.15, -0.1) is 12.4 Å². The molecule has 0 radical (unpaired) electrons. The molecule has 0 bridgehead atoms. The minimum absolute atomic E-state index is 0. The molecule has 0 saturated heterocycles. The van der Waals surface area contributed by atoms with Gasteiger partial charge >= 0.3 is 5.97 Å². The van der Waals surface area contributed by atoms with Crippen molar-refractivity contribution in [1.29, 1.82) is 0 Å². The molecule has 1 aromatic carbocycles. The quantitative estimate of drug-likeness (QED) is 0.712. The third-order valence-electron chi connectivity index (χ3n) is 2.32. The summed E-state index contributed by atoms with van der Waals surface area (Å²) < 4.78 is 23.9. The largest absolute Gasteiger partial charge is 0.480 e. The minimum Gasteiger partial charge on any atom is -0.480 e. The van der Waals surface area contributed by atoms with Gasteiger partial charge in [0.15, 0.2) is 9.84 Å². The zero-order valence-electron chi connectivity index (χ0n) is 9.61. The van der Waals surface area contributed by atoms with E-state index < -0.39 is 27.2 Å². The maximum atomic E-state index is 12.0. The van der Waals surface area contributed by atoms with Gasteiger partial charge in [0.25, 0.3) is 0 Å². The van der Waals surface area contributed by atoms with Crippen molar-refractivity contribution in [2.75, 3.05) is 0 Å². The maximum absolute atomic E-state index is 12.0. The summed E-state index contributed by atoms with van der Waals surface area (Å²) in [4.78, 5) is 10.6. The summed E-state index contributed by atoms with van der Waals surface area (Å²) in [5.74, 6) is -1.45. The molecule has 0 aliphatic carbocycles. The van der Waals surface area contributed by atoms with E-state index in [1.165, 1.54) is 12.1 Å². The predicted octanol–water partition coefficient (Wildman–Crippen LogP) is -0.113. The lowest BCUT2D eigenvalue weighted by atomic mass is 10.2. The smallest absolute Gasteiger partial charge is 0.323 e. The Hall–Kier alpha value is -1.15. The second-order valence-electron chi connectivity index (χ2n) is 3.69. The fourth-order valence-corrected chi connectivity index (χ4v) is 2.72. The topological polar surface area (TPSA) is 123 Å². The fraction of sp³-hybridized carbons (Fsp3) is 0.300. The van der Waals surface area contributed by atoms with E-state index in [9.17, 15) is 13.2 Å². The summed E-state index contributed by atoms with van der Waals surface area (Å²) in [5, 5.41) is 6.98. The molecule has 1 rings (SSSR count). The van der Waals surface area contributed by atoms with Gasteiger partial charge in [-0.25, -0.2) is 8.42 Å². The van der Waals surface area contributed by atoms with Gasteiger partial charge in [0.1, 0.15) is 11.4 Å². The van der Waals surface area contributed by atoms with Crippen LogP contribution >= 0.6 is 12.4 Å². The molecule has 0 aliphatic rings. The Morgan fingerprint density at radius 3 is 2.33 bits per heavy atom. The second-order valence-corrected chi connectivity index (χ2v) is 5.80. The molecule has 2 atom stereocenters. The van der Waals surface area contributed by atoms with Crippen molar-refractivity contribution >= 4 is 28.2 Å². The Balaban J connectivity index is 0.00000289. The summed E-state index contributed by atoms with van der Waals surface area (Å²) in [6.45, 7) is 1.72. The lowest BCUT2D eigenvalue weighted by Crippen LogP contribution is -2.51. The van der Waals surface area contributed by atoms with Crippen molar-refractivity contribution in [3.05, 3.63) is 29.8 Å². The van der Waals surface area contributed by atoms with Gasteiger partial charge in [0.2, 0.25) is 0 Å². The molecule has 0 aromatic heterocycles. The first kappa shape index (κ1) is 16.9. The Morgan fingerprint density at radius 2 is 1.89 bits per heavy atom. The van der Waals surface area contributed by atoms with Crippen molar-refractivity contribution in [3.8, 4) is 0 Å². The summed E-state index contributed by atoms with van der Waals surface area (Å²) in [6.07, 6.45) is 0. The van der Waals surface area contributed by atoms with Crippen molar-refractivity contribution < 1.29 is 18.3 Å². The summed E-state index contributed by atoms with van der Waals surface area (Å²) in [5.41, 5.74) is 11.3. The SMILES string of the molecule is Cc1cccc(S(=O)(=O)C(N)C(N)C(=O)O)c1.Cl. The second kappa shape index (κ2) is 6.14. The predicted molar refractivity (Wildman–Crippen MR) is 69.2 cm³/mol. The zero-order chi connectivity index (χ0) is 13.2. The minimum atomic E-state index is -3.93. The highest BCUT2D eigenvalue weighted by molar-refractivity contribution is 7.92. The van der Waals surface area contributed by atoms with E-state index >= 15 is 0 Å². The number of sulfone groups is 1. The summed E-state index contributed by atoms with van der Waals surface area (Å²) >= 11 is 0. The summed E-state index contributed by atoms with van der Waals surface area (Å²) in [7, 11) is -3.93. The highest BCUT2D eigenvalue weighted by atomic mass is 35.5. The average molecular weight is 295 g/mol. The van der Waals surface area contributed by atoms with Gasteiger partial charge in [-0.1, -0.05) is 12.1 Å². The molecule has 18 heavy (non-hydrogen) atoms. The highest BCUT2D eigenvalue weighted by Crippen LogP contribution is 2.16. The molecule has 0 saturated carbocycles. The van der Waals surface area contributed by atoms with Crippen LogP contribution in [0, 0.1) is 6.92 Å². The van der Waals surface area contributed by atoms with E-state index in [1.807, 2.05) is 0 Å². The van der Waals surface area contributed by atoms with E-state index in [1.54, 1.807) is 19.1 Å². The van der Waals surface area contributed by atoms with Gasteiger partial charge in [0, 0.05) is 0 Å². The highest BCUT2D eigenvalue weighted by Gasteiger charge is 2.33. The first-order chi connectivity index (χ1) is 7.76. The third-order valence-corrected chi connectivity index (χ3v) is 4.24. The van der Waals surface area contributed by atoms with Crippen molar-refractivity contribution in [2.45, 2.75) is 23.2 Å². The zero-order valence-corrected chi connectivity index (χ0v) is 11.2. The van der Waals surface area contributed by atoms with Crippen molar-refractivity contribution in [2.24, 2.45) is 11.5 Å². The number of carboxylic acid groups (broad SMARTS) is 1. The molecule has 0 spiro atoms. The molecule has 102 valence electrons. The number of carbonyl (C=O) groups is 1. The number of hydrogen-bond donors (Lipinski definition) is 3. The van der Waals surface area contributed by atoms with Gasteiger partial charge in [-0.3, -0.25) is 4.79 Å². The van der Waals surface area contributed by atoms with Gasteiger partial charge < -0.3 is 16.6 Å². The monoisotopic (exact) mass is 294 g/mol. The molecule has 8 heteroatoms. The van der Waals surface area contributed by atoms with Gasteiger partial charge in [0.05, 0.1) is 4.90 Å². The lowest BCUT2D eigenvalue weighted by molar-refractivity contribution is -0.138. The normalized spacial score (nSPS) is 14.4. The van der Waals surface area contributed by atoms with Crippen molar-refractivity contribution in [1.82, 2.24) is 0 Å². The standard InChI is InChI=1S/C10H14N2O4S.ClH/c1-6-3-2-4-7(5-6)17(15,16)9(12)8(11)10(13)14;/h2-5,8-9H,11-12H2,1H3,(H,13,14);1H. The van der Waals surface area contributed by atoms with Crippen molar-refractivity contribution in [3.63, 3.8) is 0 Å². The number of aryl methyl sites for hydroxylation is 1. The number of hydrogen-bond acceptors (Lipinski definition) is 5. The van der Waals surface area contributed by atoms with E-state index in [2.05, 4.69) is 0 Å². The van der Waals surface area contributed by atoms with Crippen LogP contribution in [0.3, 0.4) is 0 Å². The molecule has 0 amide bonds. The van der Waals surface area contributed by atoms with Crippen LogP contribution in [0.25, 0.3) is 0 Å². The number of halogens is 1. The van der Waals surface area contributed by atoms with Crippen LogP contribution in [-0.2, 0) is 14.6 Å². The Labute approximate surface area is 111 Å².